The molecule has 3 aromatic heterocycles. The summed E-state index contributed by atoms with van der Waals surface area (Å²) in [5.41, 5.74) is 0.565. The molecule has 0 fully saturated rings. The summed E-state index contributed by atoms with van der Waals surface area (Å²) in [7, 11) is 0. The molecule has 9 heteroatoms. The van der Waals surface area contributed by atoms with Crippen LogP contribution in [0.5, 0.6) is 0 Å². The van der Waals surface area contributed by atoms with Crippen molar-refractivity contribution in [1.82, 2.24) is 24.7 Å². The van der Waals surface area contributed by atoms with E-state index in [4.69, 9.17) is 4.42 Å². The molecule has 0 amide bonds. The minimum atomic E-state index is -2.85. The number of imidazole rings is 1. The quantitative estimate of drug-likeness (QED) is 0.741. The van der Waals surface area contributed by atoms with Gasteiger partial charge in [0, 0.05) is 17.8 Å². The first-order chi connectivity index (χ1) is 11.5. The SMILES string of the molecule is Cc1ncc(C#CCn2ccc(-c3nnc(C(F)F)o3)cc2=O)[nH]1. The Morgan fingerprint density at radius 3 is 2.88 bits per heavy atom. The highest BCUT2D eigenvalue weighted by Gasteiger charge is 2.17. The predicted octanol–water partition coefficient (Wildman–Crippen LogP) is 1.92. The molecular formula is C15H11F2N5O2. The van der Waals surface area contributed by atoms with Gasteiger partial charge >= 0.3 is 6.43 Å². The lowest BCUT2D eigenvalue weighted by molar-refractivity contribution is 0.116. The summed E-state index contributed by atoms with van der Waals surface area (Å²) in [6, 6.07) is 2.75. The molecule has 0 aromatic carbocycles. The average Bonchev–Trinajstić information content (AvgIpc) is 3.18. The topological polar surface area (TPSA) is 89.6 Å². The summed E-state index contributed by atoms with van der Waals surface area (Å²) in [6.07, 6.45) is 0.231. The Hall–Kier alpha value is -3.28. The summed E-state index contributed by atoms with van der Waals surface area (Å²) in [5.74, 6) is 5.53. The van der Waals surface area contributed by atoms with Gasteiger partial charge in [0.2, 0.25) is 5.89 Å². The van der Waals surface area contributed by atoms with Crippen LogP contribution in [0.3, 0.4) is 0 Å². The molecular weight excluding hydrogens is 320 g/mol. The molecule has 0 unspecified atom stereocenters. The number of aromatic nitrogens is 5. The number of nitrogens with zero attached hydrogens (tertiary/aromatic N) is 4. The molecule has 0 bridgehead atoms. The average molecular weight is 331 g/mol. The maximum atomic E-state index is 12.4. The molecule has 1 N–H and O–H groups in total. The second-order valence-electron chi connectivity index (χ2n) is 4.81. The molecule has 3 rings (SSSR count). The fourth-order valence-electron chi connectivity index (χ4n) is 1.92. The van der Waals surface area contributed by atoms with Gasteiger partial charge in [-0.15, -0.1) is 10.2 Å². The monoisotopic (exact) mass is 331 g/mol. The lowest BCUT2D eigenvalue weighted by atomic mass is 10.2. The van der Waals surface area contributed by atoms with E-state index in [9.17, 15) is 13.6 Å². The third-order valence-electron chi connectivity index (χ3n) is 3.05. The molecule has 0 aliphatic rings. The van der Waals surface area contributed by atoms with Crippen molar-refractivity contribution in [1.29, 1.82) is 0 Å². The van der Waals surface area contributed by atoms with Crippen LogP contribution in [-0.2, 0) is 6.54 Å². The van der Waals surface area contributed by atoms with Crippen LogP contribution in [0, 0.1) is 18.8 Å². The van der Waals surface area contributed by atoms with E-state index in [-0.39, 0.29) is 23.6 Å². The molecule has 0 saturated carbocycles. The number of nitrogens with one attached hydrogen (secondary N) is 1. The van der Waals surface area contributed by atoms with Crippen LogP contribution >= 0.6 is 0 Å². The van der Waals surface area contributed by atoms with Crippen LogP contribution in [0.2, 0.25) is 0 Å². The fourth-order valence-corrected chi connectivity index (χ4v) is 1.92. The van der Waals surface area contributed by atoms with Gasteiger partial charge in [-0.1, -0.05) is 5.92 Å². The Balaban J connectivity index is 1.77. The van der Waals surface area contributed by atoms with Crippen molar-refractivity contribution in [3.63, 3.8) is 0 Å². The van der Waals surface area contributed by atoms with Crippen LogP contribution in [0.25, 0.3) is 11.5 Å². The Morgan fingerprint density at radius 2 is 2.25 bits per heavy atom. The number of aromatic amines is 1. The van der Waals surface area contributed by atoms with E-state index in [1.54, 1.807) is 6.20 Å². The zero-order chi connectivity index (χ0) is 17.1. The van der Waals surface area contributed by atoms with Crippen molar-refractivity contribution in [3.05, 3.63) is 52.3 Å². The van der Waals surface area contributed by atoms with Gasteiger partial charge in [-0.3, -0.25) is 4.79 Å². The van der Waals surface area contributed by atoms with E-state index < -0.39 is 12.3 Å². The van der Waals surface area contributed by atoms with Crippen molar-refractivity contribution in [3.8, 4) is 23.3 Å². The number of hydrogen-bond donors (Lipinski definition) is 1. The van der Waals surface area contributed by atoms with Gasteiger partial charge in [-0.2, -0.15) is 8.78 Å². The predicted molar refractivity (Wildman–Crippen MR) is 79.2 cm³/mol. The Bertz CT molecular complexity index is 977. The zero-order valence-corrected chi connectivity index (χ0v) is 12.5. The second kappa shape index (κ2) is 6.45. The Kier molecular flexibility index (Phi) is 4.20. The van der Waals surface area contributed by atoms with Gasteiger partial charge in [0.05, 0.1) is 12.7 Å². The summed E-state index contributed by atoms with van der Waals surface area (Å²) < 4.78 is 31.0. The van der Waals surface area contributed by atoms with Gasteiger partial charge < -0.3 is 14.0 Å². The standard InChI is InChI=1S/C15H11F2N5O2/c1-9-18-8-11(19-9)3-2-5-22-6-4-10(7-12(22)23)14-20-21-15(24-14)13(16)17/h4,6-8,13H,5H2,1H3,(H,18,19). The van der Waals surface area contributed by atoms with E-state index in [0.29, 0.717) is 5.69 Å². The third-order valence-corrected chi connectivity index (χ3v) is 3.05. The van der Waals surface area contributed by atoms with Crippen LogP contribution in [0.1, 0.15) is 23.8 Å². The van der Waals surface area contributed by atoms with Crippen LogP contribution in [0.4, 0.5) is 8.78 Å². The van der Waals surface area contributed by atoms with E-state index in [0.717, 1.165) is 5.82 Å². The summed E-state index contributed by atoms with van der Waals surface area (Å²) in [4.78, 5) is 19.0. The van der Waals surface area contributed by atoms with Crippen molar-refractivity contribution in [2.45, 2.75) is 19.9 Å². The van der Waals surface area contributed by atoms with Gasteiger partial charge in [-0.25, -0.2) is 4.98 Å². The number of H-pyrrole nitrogens is 1. The molecule has 24 heavy (non-hydrogen) atoms. The summed E-state index contributed by atoms with van der Waals surface area (Å²) in [6.45, 7) is 1.98. The normalized spacial score (nSPS) is 10.7. The van der Waals surface area contributed by atoms with Gasteiger partial charge in [0.1, 0.15) is 11.5 Å². The number of halogens is 2. The van der Waals surface area contributed by atoms with Crippen molar-refractivity contribution < 1.29 is 13.2 Å². The highest BCUT2D eigenvalue weighted by Crippen LogP contribution is 2.21. The first-order valence-corrected chi connectivity index (χ1v) is 6.86. The molecule has 0 radical (unpaired) electrons. The molecule has 0 aliphatic carbocycles. The first-order valence-electron chi connectivity index (χ1n) is 6.86. The van der Waals surface area contributed by atoms with Crippen molar-refractivity contribution >= 4 is 0 Å². The Morgan fingerprint density at radius 1 is 1.42 bits per heavy atom. The lowest BCUT2D eigenvalue weighted by Crippen LogP contribution is -2.17. The molecule has 0 atom stereocenters. The first kappa shape index (κ1) is 15.6. The van der Waals surface area contributed by atoms with E-state index in [1.807, 2.05) is 6.92 Å². The molecule has 0 spiro atoms. The van der Waals surface area contributed by atoms with Crippen LogP contribution in [-0.4, -0.2) is 24.7 Å². The minimum absolute atomic E-state index is 0.131. The smallest absolute Gasteiger partial charge is 0.314 e. The fraction of sp³-hybridized carbons (Fsp3) is 0.200. The maximum Gasteiger partial charge on any atom is 0.314 e. The van der Waals surface area contributed by atoms with E-state index in [1.165, 1.54) is 22.9 Å². The van der Waals surface area contributed by atoms with Gasteiger partial charge in [0.15, 0.2) is 0 Å². The van der Waals surface area contributed by atoms with Crippen LogP contribution < -0.4 is 5.56 Å². The van der Waals surface area contributed by atoms with Gasteiger partial charge in [-0.05, 0) is 18.9 Å². The zero-order valence-electron chi connectivity index (χ0n) is 12.5. The number of alkyl halides is 2. The molecule has 0 aliphatic heterocycles. The molecule has 3 aromatic rings. The maximum absolute atomic E-state index is 12.4. The highest BCUT2D eigenvalue weighted by atomic mass is 19.3. The highest BCUT2D eigenvalue weighted by molar-refractivity contribution is 5.51. The molecule has 7 nitrogen and oxygen atoms in total. The minimum Gasteiger partial charge on any atom is -0.415 e. The third kappa shape index (κ3) is 3.38. The summed E-state index contributed by atoms with van der Waals surface area (Å²) in [5, 5.41) is 6.72. The van der Waals surface area contributed by atoms with Gasteiger partial charge in [0.25, 0.3) is 11.4 Å². The number of pyridine rings is 1. The van der Waals surface area contributed by atoms with Crippen molar-refractivity contribution in [2.75, 3.05) is 0 Å². The van der Waals surface area contributed by atoms with Crippen LogP contribution in [0.15, 0.2) is 33.7 Å². The Labute approximate surface area is 134 Å². The van der Waals surface area contributed by atoms with E-state index in [2.05, 4.69) is 32.0 Å². The summed E-state index contributed by atoms with van der Waals surface area (Å²) >= 11 is 0. The molecule has 0 saturated heterocycles. The second-order valence-corrected chi connectivity index (χ2v) is 4.81. The molecule has 122 valence electrons. The number of rotatable bonds is 3. The van der Waals surface area contributed by atoms with E-state index >= 15 is 0 Å². The molecule has 3 heterocycles. The number of hydrogen-bond acceptors (Lipinski definition) is 5. The largest absolute Gasteiger partial charge is 0.415 e. The number of aryl methyl sites for hydroxylation is 1. The lowest BCUT2D eigenvalue weighted by Gasteiger charge is -2.00. The van der Waals surface area contributed by atoms with Crippen molar-refractivity contribution in [2.24, 2.45) is 0 Å².